The van der Waals surface area contributed by atoms with Crippen LogP contribution in [-0.4, -0.2) is 37.0 Å². The predicted octanol–water partition coefficient (Wildman–Crippen LogP) is 2.33. The van der Waals surface area contributed by atoms with Gasteiger partial charge in [0.2, 0.25) is 0 Å². The van der Waals surface area contributed by atoms with Crippen molar-refractivity contribution in [3.8, 4) is 0 Å². The van der Waals surface area contributed by atoms with Gasteiger partial charge in [0.25, 0.3) is 5.91 Å². The van der Waals surface area contributed by atoms with Gasteiger partial charge in [-0.05, 0) is 49.9 Å². The van der Waals surface area contributed by atoms with Crippen LogP contribution in [0.15, 0.2) is 18.2 Å². The van der Waals surface area contributed by atoms with E-state index in [1.165, 1.54) is 12.7 Å². The first-order valence-electron chi connectivity index (χ1n) is 6.97. The second-order valence-corrected chi connectivity index (χ2v) is 5.41. The topological polar surface area (TPSA) is 46.6 Å². The normalized spacial score (nSPS) is 18.8. The van der Waals surface area contributed by atoms with E-state index in [0.717, 1.165) is 18.4 Å². The van der Waals surface area contributed by atoms with E-state index in [-0.39, 0.29) is 17.8 Å². The smallest absolute Gasteiger partial charge is 0.310 e. The standard InChI is InChI=1S/C16H21NO3/c1-11-6-7-13(9-12(11)2)15(18)17-8-4-5-14(10-17)16(19)20-3/h6-7,9,14H,4-5,8,10H2,1-3H3/t14-/m0/s1. The quantitative estimate of drug-likeness (QED) is 0.778. The lowest BCUT2D eigenvalue weighted by Gasteiger charge is -2.31. The van der Waals surface area contributed by atoms with Crippen molar-refractivity contribution >= 4 is 11.9 Å². The maximum Gasteiger partial charge on any atom is 0.310 e. The van der Waals surface area contributed by atoms with E-state index in [1.807, 2.05) is 32.0 Å². The van der Waals surface area contributed by atoms with Gasteiger partial charge in [-0.25, -0.2) is 0 Å². The maximum atomic E-state index is 12.5. The summed E-state index contributed by atoms with van der Waals surface area (Å²) in [7, 11) is 1.40. The first-order valence-corrected chi connectivity index (χ1v) is 6.97. The fourth-order valence-electron chi connectivity index (χ4n) is 2.58. The van der Waals surface area contributed by atoms with Crippen LogP contribution in [0.5, 0.6) is 0 Å². The van der Waals surface area contributed by atoms with Gasteiger partial charge < -0.3 is 9.64 Å². The van der Waals surface area contributed by atoms with Crippen LogP contribution >= 0.6 is 0 Å². The molecule has 1 amide bonds. The molecule has 0 aromatic heterocycles. The molecular weight excluding hydrogens is 254 g/mol. The van der Waals surface area contributed by atoms with Crippen LogP contribution in [0.2, 0.25) is 0 Å². The van der Waals surface area contributed by atoms with E-state index in [2.05, 4.69) is 0 Å². The average molecular weight is 275 g/mol. The largest absolute Gasteiger partial charge is 0.469 e. The van der Waals surface area contributed by atoms with Gasteiger partial charge in [0, 0.05) is 18.7 Å². The predicted molar refractivity (Wildman–Crippen MR) is 76.6 cm³/mol. The Morgan fingerprint density at radius 1 is 1.25 bits per heavy atom. The number of benzene rings is 1. The van der Waals surface area contributed by atoms with Crippen molar-refractivity contribution in [2.75, 3.05) is 20.2 Å². The number of amides is 1. The minimum atomic E-state index is -0.220. The molecule has 0 N–H and O–H groups in total. The second kappa shape index (κ2) is 6.07. The average Bonchev–Trinajstić information content (AvgIpc) is 2.48. The Morgan fingerprint density at radius 2 is 2.00 bits per heavy atom. The molecule has 0 saturated carbocycles. The number of carbonyl (C=O) groups excluding carboxylic acids is 2. The molecule has 20 heavy (non-hydrogen) atoms. The zero-order valence-corrected chi connectivity index (χ0v) is 12.3. The highest BCUT2D eigenvalue weighted by molar-refractivity contribution is 5.94. The van der Waals surface area contributed by atoms with Crippen molar-refractivity contribution in [1.82, 2.24) is 4.90 Å². The Hall–Kier alpha value is -1.84. The van der Waals surface area contributed by atoms with Crippen molar-refractivity contribution < 1.29 is 14.3 Å². The Balaban J connectivity index is 2.12. The molecule has 1 atom stereocenters. The fraction of sp³-hybridized carbons (Fsp3) is 0.500. The number of aryl methyl sites for hydroxylation is 2. The molecule has 1 heterocycles. The van der Waals surface area contributed by atoms with Crippen LogP contribution in [0.25, 0.3) is 0 Å². The molecule has 1 saturated heterocycles. The number of rotatable bonds is 2. The molecule has 1 aromatic rings. The number of carbonyl (C=O) groups is 2. The molecule has 0 bridgehead atoms. The van der Waals surface area contributed by atoms with Gasteiger partial charge in [-0.15, -0.1) is 0 Å². The Morgan fingerprint density at radius 3 is 2.65 bits per heavy atom. The first-order chi connectivity index (χ1) is 9.52. The van der Waals surface area contributed by atoms with Gasteiger partial charge in [0.1, 0.15) is 0 Å². The van der Waals surface area contributed by atoms with Gasteiger partial charge in [0.05, 0.1) is 13.0 Å². The maximum absolute atomic E-state index is 12.5. The Kier molecular flexibility index (Phi) is 4.42. The van der Waals surface area contributed by atoms with Crippen molar-refractivity contribution in [1.29, 1.82) is 0 Å². The van der Waals surface area contributed by atoms with Crippen molar-refractivity contribution in [3.63, 3.8) is 0 Å². The van der Waals surface area contributed by atoms with E-state index in [0.29, 0.717) is 18.7 Å². The summed E-state index contributed by atoms with van der Waals surface area (Å²) in [6.07, 6.45) is 1.64. The van der Waals surface area contributed by atoms with Crippen LogP contribution in [0.1, 0.15) is 34.3 Å². The van der Waals surface area contributed by atoms with E-state index in [4.69, 9.17) is 4.74 Å². The van der Waals surface area contributed by atoms with Crippen LogP contribution < -0.4 is 0 Å². The molecule has 0 spiro atoms. The Labute approximate surface area is 119 Å². The zero-order valence-electron chi connectivity index (χ0n) is 12.3. The third-order valence-corrected chi connectivity index (χ3v) is 4.00. The molecule has 0 unspecified atom stereocenters. The highest BCUT2D eigenvalue weighted by atomic mass is 16.5. The number of esters is 1. The second-order valence-electron chi connectivity index (χ2n) is 5.41. The molecule has 4 nitrogen and oxygen atoms in total. The van der Waals surface area contributed by atoms with E-state index >= 15 is 0 Å². The van der Waals surface area contributed by atoms with Crippen LogP contribution in [-0.2, 0) is 9.53 Å². The Bertz CT molecular complexity index is 524. The summed E-state index contributed by atoms with van der Waals surface area (Å²) in [6, 6.07) is 5.73. The minimum Gasteiger partial charge on any atom is -0.469 e. The third-order valence-electron chi connectivity index (χ3n) is 4.00. The lowest BCUT2D eigenvalue weighted by atomic mass is 9.97. The molecule has 1 aromatic carbocycles. The van der Waals surface area contributed by atoms with Gasteiger partial charge in [-0.1, -0.05) is 6.07 Å². The number of hydrogen-bond donors (Lipinski definition) is 0. The van der Waals surface area contributed by atoms with Gasteiger partial charge in [0.15, 0.2) is 0 Å². The molecule has 2 rings (SSSR count). The molecule has 1 aliphatic heterocycles. The van der Waals surface area contributed by atoms with E-state index in [1.54, 1.807) is 4.90 Å². The van der Waals surface area contributed by atoms with Crippen molar-refractivity contribution in [2.24, 2.45) is 5.92 Å². The summed E-state index contributed by atoms with van der Waals surface area (Å²) in [4.78, 5) is 25.9. The summed E-state index contributed by atoms with van der Waals surface area (Å²) in [6.45, 7) is 5.19. The molecule has 1 aliphatic rings. The summed E-state index contributed by atoms with van der Waals surface area (Å²) >= 11 is 0. The van der Waals surface area contributed by atoms with Crippen molar-refractivity contribution in [2.45, 2.75) is 26.7 Å². The summed E-state index contributed by atoms with van der Waals surface area (Å²) < 4.78 is 4.78. The minimum absolute atomic E-state index is 0.00158. The third kappa shape index (κ3) is 3.00. The van der Waals surface area contributed by atoms with E-state index < -0.39 is 0 Å². The number of ether oxygens (including phenoxy) is 1. The summed E-state index contributed by atoms with van der Waals surface area (Å²) in [5.41, 5.74) is 2.98. The van der Waals surface area contributed by atoms with E-state index in [9.17, 15) is 9.59 Å². The van der Waals surface area contributed by atoms with Gasteiger partial charge in [-0.2, -0.15) is 0 Å². The lowest BCUT2D eigenvalue weighted by molar-refractivity contribution is -0.146. The number of methoxy groups -OCH3 is 1. The highest BCUT2D eigenvalue weighted by Gasteiger charge is 2.29. The molecule has 0 aliphatic carbocycles. The van der Waals surface area contributed by atoms with Crippen LogP contribution in [0.3, 0.4) is 0 Å². The van der Waals surface area contributed by atoms with Gasteiger partial charge in [-0.3, -0.25) is 9.59 Å². The van der Waals surface area contributed by atoms with Crippen molar-refractivity contribution in [3.05, 3.63) is 34.9 Å². The summed E-state index contributed by atoms with van der Waals surface area (Å²) in [5.74, 6) is -0.409. The SMILES string of the molecule is COC(=O)[C@H]1CCCN(C(=O)c2ccc(C)c(C)c2)C1. The van der Waals surface area contributed by atoms with Crippen LogP contribution in [0.4, 0.5) is 0 Å². The first kappa shape index (κ1) is 14.6. The molecule has 4 heteroatoms. The highest BCUT2D eigenvalue weighted by Crippen LogP contribution is 2.20. The number of nitrogens with zero attached hydrogens (tertiary/aromatic N) is 1. The fourth-order valence-corrected chi connectivity index (χ4v) is 2.58. The summed E-state index contributed by atoms with van der Waals surface area (Å²) in [5, 5.41) is 0. The molecular formula is C16H21NO3. The molecule has 0 radical (unpaired) electrons. The molecule has 1 fully saturated rings. The van der Waals surface area contributed by atoms with Gasteiger partial charge >= 0.3 is 5.97 Å². The number of hydrogen-bond acceptors (Lipinski definition) is 3. The number of likely N-dealkylation sites (tertiary alicyclic amines) is 1. The molecule has 108 valence electrons. The zero-order chi connectivity index (χ0) is 14.7. The number of piperidine rings is 1. The van der Waals surface area contributed by atoms with Crippen LogP contribution in [0, 0.1) is 19.8 Å². The monoisotopic (exact) mass is 275 g/mol. The lowest BCUT2D eigenvalue weighted by Crippen LogP contribution is -2.42.